The predicted molar refractivity (Wildman–Crippen MR) is 88.3 cm³/mol. The number of hydrogen-bond acceptors (Lipinski definition) is 3. The average molecular weight is 325 g/mol. The molecule has 5 heteroatoms. The van der Waals surface area contributed by atoms with Gasteiger partial charge >= 0.3 is 12.1 Å². The van der Waals surface area contributed by atoms with Crippen LogP contribution in [0.5, 0.6) is 0 Å². The third-order valence-electron chi connectivity index (χ3n) is 4.30. The molecule has 0 aliphatic carbocycles. The van der Waals surface area contributed by atoms with E-state index in [9.17, 15) is 14.7 Å². The van der Waals surface area contributed by atoms with Crippen molar-refractivity contribution in [3.63, 3.8) is 0 Å². The second-order valence-corrected chi connectivity index (χ2v) is 5.82. The summed E-state index contributed by atoms with van der Waals surface area (Å²) in [6, 6.07) is 18.2. The molecule has 24 heavy (non-hydrogen) atoms. The van der Waals surface area contributed by atoms with E-state index in [0.717, 1.165) is 11.1 Å². The molecule has 1 amide bonds. The van der Waals surface area contributed by atoms with Crippen LogP contribution >= 0.6 is 0 Å². The van der Waals surface area contributed by atoms with Crippen molar-refractivity contribution in [2.45, 2.75) is 19.1 Å². The number of benzene rings is 2. The molecule has 5 nitrogen and oxygen atoms in total. The van der Waals surface area contributed by atoms with E-state index in [1.165, 1.54) is 4.90 Å². The first kappa shape index (κ1) is 16.1. The third kappa shape index (κ3) is 3.40. The lowest BCUT2D eigenvalue weighted by molar-refractivity contribution is -0.142. The molecule has 1 aliphatic rings. The predicted octanol–water partition coefficient (Wildman–Crippen LogP) is 3.47. The van der Waals surface area contributed by atoms with Crippen LogP contribution < -0.4 is 0 Å². The molecule has 0 saturated carbocycles. The molecule has 2 aromatic rings. The zero-order valence-corrected chi connectivity index (χ0v) is 13.2. The number of carboxylic acids is 1. The number of ether oxygens (including phenoxy) is 1. The molecule has 0 radical (unpaired) electrons. The van der Waals surface area contributed by atoms with Gasteiger partial charge in [0.05, 0.1) is 12.0 Å². The van der Waals surface area contributed by atoms with Crippen LogP contribution in [0, 0.1) is 5.92 Å². The van der Waals surface area contributed by atoms with Crippen molar-refractivity contribution >= 4 is 12.1 Å². The SMILES string of the molecule is O=C(O)[C@@H]1CCN(C(=O)OCc2ccccc2)C1c1ccccc1. The minimum absolute atomic E-state index is 0.176. The summed E-state index contributed by atoms with van der Waals surface area (Å²) < 4.78 is 5.39. The van der Waals surface area contributed by atoms with Gasteiger partial charge in [0, 0.05) is 6.54 Å². The lowest BCUT2D eigenvalue weighted by atomic mass is 9.94. The van der Waals surface area contributed by atoms with E-state index in [1.54, 1.807) is 0 Å². The Balaban J connectivity index is 1.75. The van der Waals surface area contributed by atoms with E-state index in [1.807, 2.05) is 60.7 Å². The Morgan fingerprint density at radius 3 is 2.29 bits per heavy atom. The van der Waals surface area contributed by atoms with Gasteiger partial charge in [0.1, 0.15) is 6.61 Å². The van der Waals surface area contributed by atoms with E-state index in [4.69, 9.17) is 4.74 Å². The Bertz CT molecular complexity index is 702. The summed E-state index contributed by atoms with van der Waals surface area (Å²) in [5.74, 6) is -1.50. The van der Waals surface area contributed by atoms with Crippen LogP contribution in [0.3, 0.4) is 0 Å². The van der Waals surface area contributed by atoms with Gasteiger partial charge in [-0.2, -0.15) is 0 Å². The van der Waals surface area contributed by atoms with Crippen molar-refractivity contribution < 1.29 is 19.4 Å². The number of rotatable bonds is 4. The highest BCUT2D eigenvalue weighted by atomic mass is 16.6. The molecule has 2 atom stereocenters. The van der Waals surface area contributed by atoms with Gasteiger partial charge < -0.3 is 14.7 Å². The summed E-state index contributed by atoms with van der Waals surface area (Å²) in [5.41, 5.74) is 1.72. The van der Waals surface area contributed by atoms with Crippen LogP contribution in [0.25, 0.3) is 0 Å². The molecular formula is C19H19NO4. The average Bonchev–Trinajstić information content (AvgIpc) is 3.07. The fourth-order valence-corrected chi connectivity index (χ4v) is 3.12. The minimum Gasteiger partial charge on any atom is -0.481 e. The molecule has 2 aromatic carbocycles. The first-order chi connectivity index (χ1) is 11.7. The first-order valence-corrected chi connectivity index (χ1v) is 7.92. The van der Waals surface area contributed by atoms with Gasteiger partial charge in [0.2, 0.25) is 0 Å². The zero-order chi connectivity index (χ0) is 16.9. The van der Waals surface area contributed by atoms with Crippen LogP contribution in [-0.2, 0) is 16.1 Å². The fraction of sp³-hybridized carbons (Fsp3) is 0.263. The van der Waals surface area contributed by atoms with E-state index in [2.05, 4.69) is 0 Å². The van der Waals surface area contributed by atoms with Crippen LogP contribution in [0.2, 0.25) is 0 Å². The quantitative estimate of drug-likeness (QED) is 0.934. The van der Waals surface area contributed by atoms with Crippen molar-refractivity contribution in [1.82, 2.24) is 4.90 Å². The largest absolute Gasteiger partial charge is 0.481 e. The van der Waals surface area contributed by atoms with Crippen molar-refractivity contribution in [1.29, 1.82) is 0 Å². The molecule has 124 valence electrons. The number of nitrogens with zero attached hydrogens (tertiary/aromatic N) is 1. The standard InChI is InChI=1S/C19H19NO4/c21-18(22)16-11-12-20(17(16)15-9-5-2-6-10-15)19(23)24-13-14-7-3-1-4-8-14/h1-10,16-17H,11-13H2,(H,21,22)/t16-,17?/m1/s1. The van der Waals surface area contributed by atoms with Crippen molar-refractivity contribution in [2.75, 3.05) is 6.54 Å². The first-order valence-electron chi connectivity index (χ1n) is 7.92. The van der Waals surface area contributed by atoms with Crippen LogP contribution in [0.15, 0.2) is 60.7 Å². The number of aliphatic carboxylic acids is 1. The molecule has 1 unspecified atom stereocenters. The van der Waals surface area contributed by atoms with Gasteiger partial charge in [-0.25, -0.2) is 4.79 Å². The second kappa shape index (κ2) is 7.17. The Kier molecular flexibility index (Phi) is 4.79. The Labute approximate surface area is 140 Å². The number of amides is 1. The number of carbonyl (C=O) groups excluding carboxylic acids is 1. The lowest BCUT2D eigenvalue weighted by Crippen LogP contribution is -2.34. The normalized spacial score (nSPS) is 19.9. The topological polar surface area (TPSA) is 66.8 Å². The molecule has 1 N–H and O–H groups in total. The highest BCUT2D eigenvalue weighted by molar-refractivity contribution is 5.75. The van der Waals surface area contributed by atoms with Crippen molar-refractivity contribution in [2.24, 2.45) is 5.92 Å². The minimum atomic E-state index is -0.887. The van der Waals surface area contributed by atoms with Crippen LogP contribution in [0.4, 0.5) is 4.79 Å². The van der Waals surface area contributed by atoms with Crippen molar-refractivity contribution in [3.05, 3.63) is 71.8 Å². The maximum absolute atomic E-state index is 12.5. The molecule has 1 fully saturated rings. The molecule has 0 bridgehead atoms. The van der Waals surface area contributed by atoms with Crippen LogP contribution in [0.1, 0.15) is 23.6 Å². The van der Waals surface area contributed by atoms with Gasteiger partial charge in [-0.15, -0.1) is 0 Å². The highest BCUT2D eigenvalue weighted by Gasteiger charge is 2.42. The number of carbonyl (C=O) groups is 2. The number of likely N-dealkylation sites (tertiary alicyclic amines) is 1. The summed E-state index contributed by atoms with van der Waals surface area (Å²) in [5, 5.41) is 9.47. The molecule has 3 rings (SSSR count). The van der Waals surface area contributed by atoms with Crippen molar-refractivity contribution in [3.8, 4) is 0 Å². The Morgan fingerprint density at radius 2 is 1.67 bits per heavy atom. The summed E-state index contributed by atoms with van der Waals surface area (Å²) in [7, 11) is 0. The zero-order valence-electron chi connectivity index (χ0n) is 13.2. The third-order valence-corrected chi connectivity index (χ3v) is 4.30. The summed E-state index contributed by atoms with van der Waals surface area (Å²) in [6.07, 6.45) is -0.0496. The highest BCUT2D eigenvalue weighted by Crippen LogP contribution is 2.37. The molecule has 1 saturated heterocycles. The van der Waals surface area contributed by atoms with E-state index < -0.39 is 24.0 Å². The fourth-order valence-electron chi connectivity index (χ4n) is 3.12. The molecule has 1 aliphatic heterocycles. The summed E-state index contributed by atoms with van der Waals surface area (Å²) in [6.45, 7) is 0.555. The van der Waals surface area contributed by atoms with Gasteiger partial charge in [-0.1, -0.05) is 60.7 Å². The monoisotopic (exact) mass is 325 g/mol. The van der Waals surface area contributed by atoms with E-state index >= 15 is 0 Å². The van der Waals surface area contributed by atoms with Gasteiger partial charge in [0.15, 0.2) is 0 Å². The van der Waals surface area contributed by atoms with Gasteiger partial charge in [-0.3, -0.25) is 4.79 Å². The molecule has 0 spiro atoms. The van der Waals surface area contributed by atoms with Gasteiger partial charge in [0.25, 0.3) is 0 Å². The Morgan fingerprint density at radius 1 is 1.04 bits per heavy atom. The van der Waals surface area contributed by atoms with E-state index in [0.29, 0.717) is 13.0 Å². The number of carboxylic acid groups (broad SMARTS) is 1. The smallest absolute Gasteiger partial charge is 0.410 e. The molecular weight excluding hydrogens is 306 g/mol. The van der Waals surface area contributed by atoms with Gasteiger partial charge in [-0.05, 0) is 17.5 Å². The molecule has 1 heterocycles. The summed E-state index contributed by atoms with van der Waals surface area (Å²) >= 11 is 0. The summed E-state index contributed by atoms with van der Waals surface area (Å²) in [4.78, 5) is 25.6. The Hall–Kier alpha value is -2.82. The van der Waals surface area contributed by atoms with E-state index in [-0.39, 0.29) is 6.61 Å². The second-order valence-electron chi connectivity index (χ2n) is 5.82. The van der Waals surface area contributed by atoms with Crippen LogP contribution in [-0.4, -0.2) is 28.6 Å². The maximum Gasteiger partial charge on any atom is 0.410 e. The maximum atomic E-state index is 12.5. The lowest BCUT2D eigenvalue weighted by Gasteiger charge is -2.26. The molecule has 0 aromatic heterocycles. The number of hydrogen-bond donors (Lipinski definition) is 1.